The van der Waals surface area contributed by atoms with Gasteiger partial charge in [0.15, 0.2) is 0 Å². The van der Waals surface area contributed by atoms with Gasteiger partial charge in [-0.15, -0.1) is 0 Å². The molecule has 3 aliphatic heterocycles. The molecule has 3 heterocycles. The smallest absolute Gasteiger partial charge is 0.255 e. The fourth-order valence-electron chi connectivity index (χ4n) is 8.68. The molecule has 10 nitrogen and oxygen atoms in total. The van der Waals surface area contributed by atoms with Crippen LogP contribution in [0.3, 0.4) is 0 Å². The van der Waals surface area contributed by atoms with Crippen molar-refractivity contribution >= 4 is 58.4 Å². The molecule has 2 saturated heterocycles. The number of fused-ring (bicyclic) bond motifs is 1. The molecule has 0 spiro atoms. The fourth-order valence-corrected chi connectivity index (χ4v) is 9.02. The van der Waals surface area contributed by atoms with E-state index in [-0.39, 0.29) is 70.6 Å². The summed E-state index contributed by atoms with van der Waals surface area (Å²) < 4.78 is 31.2. The van der Waals surface area contributed by atoms with Crippen LogP contribution in [0.4, 0.5) is 14.5 Å². The lowest BCUT2D eigenvalue weighted by Crippen LogP contribution is -2.56. The molecule has 2 fully saturated rings. The van der Waals surface area contributed by atoms with Gasteiger partial charge in [0.1, 0.15) is 17.7 Å². The number of halogens is 4. The Labute approximate surface area is 369 Å². The highest BCUT2D eigenvalue weighted by atomic mass is 35.5. The lowest BCUT2D eigenvalue weighted by molar-refractivity contribution is -0.137. The third kappa shape index (κ3) is 10.0. The number of benzene rings is 4. The quantitative estimate of drug-likeness (QED) is 0.0720. The molecule has 7 rings (SSSR count). The number of hydrogen-bond acceptors (Lipinski definition) is 6. The summed E-state index contributed by atoms with van der Waals surface area (Å²) in [5.74, 6) is 2.23. The maximum atomic E-state index is 15.7. The maximum absolute atomic E-state index is 15.7. The van der Waals surface area contributed by atoms with Crippen LogP contribution in [0, 0.1) is 28.9 Å². The number of nitrogens with zero attached hydrogens (tertiary/aromatic N) is 1. The van der Waals surface area contributed by atoms with Crippen LogP contribution in [0.5, 0.6) is 0 Å². The summed E-state index contributed by atoms with van der Waals surface area (Å²) in [5.41, 5.74) is 3.22. The highest BCUT2D eigenvalue weighted by molar-refractivity contribution is 6.31. The number of anilines is 1. The number of amides is 5. The second kappa shape index (κ2) is 18.8. The monoisotopic (exact) mass is 881 g/mol. The van der Waals surface area contributed by atoms with Crippen LogP contribution in [0.25, 0.3) is 0 Å². The summed E-state index contributed by atoms with van der Waals surface area (Å²) in [6, 6.07) is 19.0. The molecule has 0 bridgehead atoms. The average molecular weight is 883 g/mol. The standard InChI is InChI=1S/C48H47Cl2F2N5O5/c1-48(2,3)25-39-34(31-19-16-29(49)23-38(31)51)24-35(32-11-8-13-37(50)42(32)52)43(55-39)46(61)54-30-17-14-28(15-18-30)44(59)53-22-6-4-5-9-27-10-7-12-33-36(27)26-57(47(33)62)40-20-21-41(58)56-45(40)60/h7-8,10-19,23,34-35,39-40,43,55H,4,6,20-22,24-26H2,1-3H3,(H,53,59)(H,54,61)(H,56,58,60)/t34?,35-,39-,40?,43+/m0/s1. The SMILES string of the molecule is CC(C)(C)C[C@@H]1N[C@@H](C(=O)Nc2ccc(C(=O)NCCCC#Cc3cccc4c3CN(C3CCC(=O)NC3=O)C4=O)cc2)[C@H](c2cccc(Cl)c2F)CC1c1ccc(Cl)cc1F. The van der Waals surface area contributed by atoms with Gasteiger partial charge < -0.3 is 20.9 Å². The van der Waals surface area contributed by atoms with E-state index >= 15 is 8.78 Å². The Morgan fingerprint density at radius 1 is 0.935 bits per heavy atom. The summed E-state index contributed by atoms with van der Waals surface area (Å²) in [5, 5.41) is 11.8. The number of unbranched alkanes of at least 4 members (excludes halogenated alkanes) is 1. The van der Waals surface area contributed by atoms with Gasteiger partial charge in [-0.1, -0.05) is 80.1 Å². The van der Waals surface area contributed by atoms with E-state index in [1.807, 2.05) is 6.07 Å². The second-order valence-electron chi connectivity index (χ2n) is 17.2. The van der Waals surface area contributed by atoms with Gasteiger partial charge in [0, 0.05) is 71.2 Å². The van der Waals surface area contributed by atoms with Gasteiger partial charge >= 0.3 is 0 Å². The zero-order valence-electron chi connectivity index (χ0n) is 34.5. The van der Waals surface area contributed by atoms with Gasteiger partial charge in [-0.25, -0.2) is 8.78 Å². The second-order valence-corrected chi connectivity index (χ2v) is 18.1. The lowest BCUT2D eigenvalue weighted by atomic mass is 9.70. The van der Waals surface area contributed by atoms with Gasteiger partial charge in [-0.05, 0) is 102 Å². The first-order chi connectivity index (χ1) is 29.6. The minimum absolute atomic E-state index is 0.0788. The van der Waals surface area contributed by atoms with Crippen molar-refractivity contribution in [3.63, 3.8) is 0 Å². The Bertz CT molecular complexity index is 2480. The Morgan fingerprint density at radius 3 is 2.42 bits per heavy atom. The molecule has 4 N–H and O–H groups in total. The van der Waals surface area contributed by atoms with Crippen molar-refractivity contribution in [2.24, 2.45) is 5.41 Å². The van der Waals surface area contributed by atoms with E-state index in [1.165, 1.54) is 17.0 Å². The van der Waals surface area contributed by atoms with E-state index in [9.17, 15) is 24.0 Å². The van der Waals surface area contributed by atoms with Crippen LogP contribution >= 0.6 is 23.2 Å². The summed E-state index contributed by atoms with van der Waals surface area (Å²) >= 11 is 12.3. The molecule has 5 atom stereocenters. The van der Waals surface area contributed by atoms with Crippen LogP contribution in [0.2, 0.25) is 10.0 Å². The third-order valence-corrected chi connectivity index (χ3v) is 12.2. The molecule has 0 saturated carbocycles. The number of nitrogens with one attached hydrogen (secondary N) is 4. The number of rotatable bonds is 10. The van der Waals surface area contributed by atoms with Crippen LogP contribution in [0.1, 0.15) is 114 Å². The number of carbonyl (C=O) groups is 5. The average Bonchev–Trinajstić information content (AvgIpc) is 3.56. The van der Waals surface area contributed by atoms with Crippen molar-refractivity contribution < 1.29 is 32.8 Å². The molecule has 0 radical (unpaired) electrons. The molecule has 14 heteroatoms. The Balaban J connectivity index is 0.969. The topological polar surface area (TPSA) is 137 Å². The molecule has 0 aliphatic carbocycles. The van der Waals surface area contributed by atoms with E-state index < -0.39 is 47.4 Å². The Hall–Kier alpha value is -5.61. The first-order valence-corrected chi connectivity index (χ1v) is 21.4. The van der Waals surface area contributed by atoms with E-state index in [0.717, 1.165) is 5.56 Å². The number of carbonyl (C=O) groups excluding carboxylic acids is 5. The lowest BCUT2D eigenvalue weighted by Gasteiger charge is -2.44. The highest BCUT2D eigenvalue weighted by Crippen LogP contribution is 2.44. The number of hydrogen-bond donors (Lipinski definition) is 4. The van der Waals surface area contributed by atoms with Gasteiger partial charge in [0.05, 0.1) is 11.1 Å². The normalized spacial score (nSPS) is 21.1. The van der Waals surface area contributed by atoms with Crippen molar-refractivity contribution in [3.8, 4) is 11.8 Å². The van der Waals surface area contributed by atoms with Crippen LogP contribution in [0.15, 0.2) is 78.9 Å². The molecule has 5 amide bonds. The van der Waals surface area contributed by atoms with Crippen molar-refractivity contribution in [1.29, 1.82) is 0 Å². The van der Waals surface area contributed by atoms with Gasteiger partial charge in [-0.3, -0.25) is 29.3 Å². The molecule has 4 aromatic carbocycles. The molecule has 2 unspecified atom stereocenters. The molecule has 62 heavy (non-hydrogen) atoms. The summed E-state index contributed by atoms with van der Waals surface area (Å²) in [4.78, 5) is 65.9. The first kappa shape index (κ1) is 44.4. The number of imide groups is 1. The predicted molar refractivity (Wildman–Crippen MR) is 234 cm³/mol. The van der Waals surface area contributed by atoms with Gasteiger partial charge in [-0.2, -0.15) is 0 Å². The largest absolute Gasteiger partial charge is 0.352 e. The third-order valence-electron chi connectivity index (χ3n) is 11.6. The predicted octanol–water partition coefficient (Wildman–Crippen LogP) is 8.27. The summed E-state index contributed by atoms with van der Waals surface area (Å²) in [7, 11) is 0. The molecule has 0 aromatic heterocycles. The van der Waals surface area contributed by atoms with Crippen LogP contribution in [-0.2, 0) is 20.9 Å². The molecule has 3 aliphatic rings. The fraction of sp³-hybridized carbons (Fsp3) is 0.354. The minimum atomic E-state index is -0.911. The summed E-state index contributed by atoms with van der Waals surface area (Å²) in [6.07, 6.45) is 2.34. The van der Waals surface area contributed by atoms with E-state index in [4.69, 9.17) is 23.2 Å². The Kier molecular flexibility index (Phi) is 13.5. The van der Waals surface area contributed by atoms with Crippen molar-refractivity contribution in [2.75, 3.05) is 11.9 Å². The van der Waals surface area contributed by atoms with E-state index in [1.54, 1.807) is 60.7 Å². The molecule has 4 aromatic rings. The van der Waals surface area contributed by atoms with Crippen LogP contribution < -0.4 is 21.3 Å². The first-order valence-electron chi connectivity index (χ1n) is 20.7. The van der Waals surface area contributed by atoms with Gasteiger partial charge in [0.25, 0.3) is 11.8 Å². The van der Waals surface area contributed by atoms with Crippen molar-refractivity contribution in [1.82, 2.24) is 20.9 Å². The maximum Gasteiger partial charge on any atom is 0.255 e. The zero-order valence-corrected chi connectivity index (χ0v) is 36.1. The molecular weight excluding hydrogens is 835 g/mol. The Morgan fingerprint density at radius 2 is 1.69 bits per heavy atom. The highest BCUT2D eigenvalue weighted by Gasteiger charge is 2.44. The van der Waals surface area contributed by atoms with Crippen molar-refractivity contribution in [3.05, 3.63) is 134 Å². The molecular formula is C48H47Cl2F2N5O5. The van der Waals surface area contributed by atoms with Crippen LogP contribution in [-0.4, -0.2) is 59.1 Å². The molecule has 322 valence electrons. The van der Waals surface area contributed by atoms with E-state index in [2.05, 4.69) is 53.9 Å². The minimum Gasteiger partial charge on any atom is -0.352 e. The zero-order chi connectivity index (χ0) is 44.3. The van der Waals surface area contributed by atoms with Crippen molar-refractivity contribution in [2.45, 2.75) is 95.8 Å². The summed E-state index contributed by atoms with van der Waals surface area (Å²) in [6.45, 7) is 6.79. The van der Waals surface area contributed by atoms with E-state index in [0.29, 0.717) is 53.7 Å². The number of piperidine rings is 2. The van der Waals surface area contributed by atoms with Gasteiger partial charge in [0.2, 0.25) is 17.7 Å².